The third-order valence-electron chi connectivity index (χ3n) is 5.07. The van der Waals surface area contributed by atoms with Gasteiger partial charge in [0.1, 0.15) is 13.2 Å². The Morgan fingerprint density at radius 2 is 1.97 bits per heavy atom. The first kappa shape index (κ1) is 23.6. The smallest absolute Gasteiger partial charge is 0.233 e. The van der Waals surface area contributed by atoms with Crippen molar-refractivity contribution in [3.05, 3.63) is 11.8 Å². The maximum absolute atomic E-state index is 7.47. The summed E-state index contributed by atoms with van der Waals surface area (Å²) in [6.07, 6.45) is 3.67. The summed E-state index contributed by atoms with van der Waals surface area (Å²) in [7, 11) is 0. The molecule has 164 valence electrons. The van der Waals surface area contributed by atoms with Crippen molar-refractivity contribution in [1.82, 2.24) is 19.6 Å². The van der Waals surface area contributed by atoms with E-state index < -0.39 is 0 Å². The summed E-state index contributed by atoms with van der Waals surface area (Å²) in [6.45, 7) is 13.8. The quantitative estimate of drug-likeness (QED) is 0.302. The number of aromatic nitrogens is 2. The van der Waals surface area contributed by atoms with E-state index in [1.807, 2.05) is 0 Å². The van der Waals surface area contributed by atoms with Crippen LogP contribution in [0.3, 0.4) is 0 Å². The molecule has 1 N–H and O–H groups in total. The number of aryl methyl sites for hydroxylation is 2. The van der Waals surface area contributed by atoms with Crippen LogP contribution in [0.2, 0.25) is 0 Å². The minimum atomic E-state index is 0.0804. The predicted molar refractivity (Wildman–Crippen MR) is 108 cm³/mol. The Hall–Kier alpha value is -1.67. The molecule has 0 atom stereocenters. The number of rotatable bonds is 8. The molecule has 0 aromatic carbocycles. The maximum atomic E-state index is 7.47. The van der Waals surface area contributed by atoms with Crippen LogP contribution in [0.5, 0.6) is 5.88 Å². The van der Waals surface area contributed by atoms with Crippen molar-refractivity contribution >= 4 is 0 Å². The summed E-state index contributed by atoms with van der Waals surface area (Å²) in [4.78, 5) is 9.11. The Morgan fingerprint density at radius 3 is 2.62 bits per heavy atom. The summed E-state index contributed by atoms with van der Waals surface area (Å²) in [5, 5.41) is 18.7. The molecule has 1 aromatic heterocycles. The molecule has 2 aliphatic rings. The van der Waals surface area contributed by atoms with Gasteiger partial charge in [0, 0.05) is 57.1 Å². The Bertz CT molecular complexity index is 609. The van der Waals surface area contributed by atoms with Gasteiger partial charge in [0.15, 0.2) is 0 Å². The van der Waals surface area contributed by atoms with E-state index in [0.717, 1.165) is 45.1 Å². The Balaban J connectivity index is 0.000000321. The first-order valence-electron chi connectivity index (χ1n) is 10.3. The largest absolute Gasteiger partial charge is 0.475 e. The molecule has 2 aliphatic heterocycles. The molecule has 0 saturated carbocycles. The zero-order valence-electron chi connectivity index (χ0n) is 17.8. The van der Waals surface area contributed by atoms with Gasteiger partial charge < -0.3 is 4.74 Å². The van der Waals surface area contributed by atoms with Gasteiger partial charge in [-0.25, -0.2) is 5.26 Å². The molecule has 1 fully saturated rings. The van der Waals surface area contributed by atoms with Crippen LogP contribution in [0.25, 0.3) is 0 Å². The van der Waals surface area contributed by atoms with E-state index in [1.165, 1.54) is 31.6 Å². The van der Waals surface area contributed by atoms with Crippen LogP contribution in [0.4, 0.5) is 0 Å². The molecule has 3 rings (SSSR count). The van der Waals surface area contributed by atoms with Crippen LogP contribution in [0.1, 0.15) is 39.3 Å². The first-order chi connectivity index (χ1) is 14.1. The fourth-order valence-corrected chi connectivity index (χ4v) is 3.39. The van der Waals surface area contributed by atoms with Crippen molar-refractivity contribution in [2.75, 3.05) is 45.9 Å². The van der Waals surface area contributed by atoms with Gasteiger partial charge >= 0.3 is 0 Å². The average molecular weight is 411 g/mol. The molecular weight excluding hydrogens is 376 g/mol. The molecule has 0 radical (unpaired) electrons. The molecule has 1 aromatic rings. The highest BCUT2D eigenvalue weighted by molar-refractivity contribution is 5.16. The van der Waals surface area contributed by atoms with Gasteiger partial charge in [0.2, 0.25) is 5.88 Å². The first-order valence-corrected chi connectivity index (χ1v) is 10.3. The third-order valence-corrected chi connectivity index (χ3v) is 5.07. The fourth-order valence-electron chi connectivity index (χ4n) is 3.39. The Kier molecular flexibility index (Phi) is 11.0. The van der Waals surface area contributed by atoms with Crippen molar-refractivity contribution in [1.29, 1.82) is 0 Å². The van der Waals surface area contributed by atoms with Crippen molar-refractivity contribution in [3.8, 4) is 17.7 Å². The van der Waals surface area contributed by atoms with Gasteiger partial charge in [-0.15, -0.1) is 11.0 Å². The van der Waals surface area contributed by atoms with Crippen LogP contribution in [0, 0.1) is 11.8 Å². The van der Waals surface area contributed by atoms with Crippen LogP contribution in [0.15, 0.2) is 6.07 Å². The number of piperazine rings is 1. The lowest BCUT2D eigenvalue weighted by Gasteiger charge is -2.36. The van der Waals surface area contributed by atoms with Crippen molar-refractivity contribution in [2.24, 2.45) is 0 Å². The standard InChI is InChI=1S/C16H28N4O.C4H6O4/c1-14(2)19-9-7-18(8-10-19)11-12-21-16-13-15-5-3-4-6-20(15)17-16;1-2-3-4-6-8-7-5/h13-14H,3-12H2,1-2H3;5H,4H2,1H3. The highest BCUT2D eigenvalue weighted by Crippen LogP contribution is 2.19. The number of hydrogen-bond donors (Lipinski definition) is 1. The molecule has 0 aliphatic carbocycles. The van der Waals surface area contributed by atoms with E-state index >= 15 is 0 Å². The van der Waals surface area contributed by atoms with Gasteiger partial charge in [-0.05, 0) is 50.1 Å². The highest BCUT2D eigenvalue weighted by Gasteiger charge is 2.18. The second-order valence-corrected chi connectivity index (χ2v) is 7.31. The molecule has 29 heavy (non-hydrogen) atoms. The summed E-state index contributed by atoms with van der Waals surface area (Å²) < 4.78 is 7.96. The van der Waals surface area contributed by atoms with Crippen molar-refractivity contribution in [2.45, 2.75) is 52.6 Å². The maximum Gasteiger partial charge on any atom is 0.233 e. The topological polar surface area (TPSA) is 81.5 Å². The highest BCUT2D eigenvalue weighted by atomic mass is 17.6. The summed E-state index contributed by atoms with van der Waals surface area (Å²) in [6, 6.07) is 2.79. The molecule has 9 nitrogen and oxygen atoms in total. The Morgan fingerprint density at radius 1 is 1.17 bits per heavy atom. The number of ether oxygens (including phenoxy) is 1. The zero-order chi connectivity index (χ0) is 20.9. The number of fused-ring (bicyclic) bond motifs is 1. The van der Waals surface area contributed by atoms with Gasteiger partial charge in [0.25, 0.3) is 0 Å². The van der Waals surface area contributed by atoms with Gasteiger partial charge in [-0.3, -0.25) is 14.5 Å². The van der Waals surface area contributed by atoms with Crippen molar-refractivity contribution in [3.63, 3.8) is 0 Å². The zero-order valence-corrected chi connectivity index (χ0v) is 17.8. The molecule has 0 bridgehead atoms. The lowest BCUT2D eigenvalue weighted by molar-refractivity contribution is -0.620. The summed E-state index contributed by atoms with van der Waals surface area (Å²) in [5.74, 6) is 5.84. The van der Waals surface area contributed by atoms with Crippen LogP contribution >= 0.6 is 0 Å². The minimum Gasteiger partial charge on any atom is -0.475 e. The van der Waals surface area contributed by atoms with Gasteiger partial charge in [-0.2, -0.15) is 4.89 Å². The Labute approximate surface area is 173 Å². The fraction of sp³-hybridized carbons (Fsp3) is 0.750. The normalized spacial score (nSPS) is 17.1. The molecular formula is C20H34N4O5. The molecule has 1 saturated heterocycles. The molecule has 0 unspecified atom stereocenters. The summed E-state index contributed by atoms with van der Waals surface area (Å²) in [5.41, 5.74) is 1.33. The predicted octanol–water partition coefficient (Wildman–Crippen LogP) is 1.99. The average Bonchev–Trinajstić information content (AvgIpc) is 3.15. The van der Waals surface area contributed by atoms with E-state index in [-0.39, 0.29) is 6.61 Å². The molecule has 0 spiro atoms. The van der Waals surface area contributed by atoms with E-state index in [9.17, 15) is 0 Å². The number of hydrogen-bond acceptors (Lipinski definition) is 8. The lowest BCUT2D eigenvalue weighted by Crippen LogP contribution is -2.49. The van der Waals surface area contributed by atoms with Gasteiger partial charge in [0.05, 0.1) is 0 Å². The van der Waals surface area contributed by atoms with E-state index in [0.29, 0.717) is 6.04 Å². The minimum absolute atomic E-state index is 0.0804. The number of nitrogens with zero attached hydrogens (tertiary/aromatic N) is 4. The monoisotopic (exact) mass is 410 g/mol. The van der Waals surface area contributed by atoms with E-state index in [4.69, 9.17) is 9.99 Å². The van der Waals surface area contributed by atoms with Crippen LogP contribution < -0.4 is 4.74 Å². The SMILES string of the molecule is CC#CCOOOO.CC(C)N1CCN(CCOc2cc3n(n2)CCCC3)CC1. The van der Waals surface area contributed by atoms with Gasteiger partial charge in [-0.1, -0.05) is 5.92 Å². The molecule has 0 amide bonds. The second kappa shape index (κ2) is 13.5. The molecule has 9 heteroatoms. The lowest BCUT2D eigenvalue weighted by atomic mass is 10.1. The third kappa shape index (κ3) is 8.70. The summed E-state index contributed by atoms with van der Waals surface area (Å²) >= 11 is 0. The molecule has 3 heterocycles. The van der Waals surface area contributed by atoms with E-state index in [2.05, 4.69) is 66.3 Å². The van der Waals surface area contributed by atoms with Crippen LogP contribution in [-0.2, 0) is 27.9 Å². The van der Waals surface area contributed by atoms with Crippen LogP contribution in [-0.4, -0.2) is 76.8 Å². The van der Waals surface area contributed by atoms with Crippen molar-refractivity contribution < 1.29 is 25.0 Å². The van der Waals surface area contributed by atoms with E-state index in [1.54, 1.807) is 6.92 Å². The second-order valence-electron chi connectivity index (χ2n) is 7.31.